The molecule has 0 aliphatic rings. The number of nitrogens with two attached hydrogens (primary N) is 1. The van der Waals surface area contributed by atoms with E-state index >= 15 is 0 Å². The molecule has 0 radical (unpaired) electrons. The maximum atomic E-state index is 5.63. The van der Waals surface area contributed by atoms with Crippen molar-refractivity contribution in [1.82, 2.24) is 15.2 Å². The van der Waals surface area contributed by atoms with Crippen LogP contribution in [0.25, 0.3) is 9.88 Å². The summed E-state index contributed by atoms with van der Waals surface area (Å²) in [4.78, 5) is 7.74. The highest BCUT2D eigenvalue weighted by atomic mass is 32.1. The van der Waals surface area contributed by atoms with Gasteiger partial charge in [0.15, 0.2) is 10.1 Å². The van der Waals surface area contributed by atoms with Gasteiger partial charge in [-0.1, -0.05) is 36.0 Å². The summed E-state index contributed by atoms with van der Waals surface area (Å²) in [5, 5.41) is 10.3. The first-order valence-electron chi connectivity index (χ1n) is 5.38. The summed E-state index contributed by atoms with van der Waals surface area (Å²) in [6, 6.07) is 0. The zero-order valence-electron chi connectivity index (χ0n) is 10.1. The van der Waals surface area contributed by atoms with Gasteiger partial charge in [-0.15, -0.1) is 10.2 Å². The van der Waals surface area contributed by atoms with Crippen LogP contribution in [-0.4, -0.2) is 29.3 Å². The first-order valence-corrected chi connectivity index (χ1v) is 7.01. The molecule has 0 bridgehead atoms. The average molecular weight is 269 g/mol. The van der Waals surface area contributed by atoms with Gasteiger partial charge in [-0.05, 0) is 6.42 Å². The van der Waals surface area contributed by atoms with Crippen LogP contribution in [0.3, 0.4) is 0 Å². The minimum absolute atomic E-state index is 0.502. The molecule has 2 rings (SSSR count). The third-order valence-electron chi connectivity index (χ3n) is 2.19. The molecule has 5 nitrogen and oxygen atoms in total. The van der Waals surface area contributed by atoms with Gasteiger partial charge in [-0.3, -0.25) is 0 Å². The van der Waals surface area contributed by atoms with Gasteiger partial charge in [-0.25, -0.2) is 4.98 Å². The number of anilines is 2. The predicted octanol–water partition coefficient (Wildman–Crippen LogP) is 2.26. The van der Waals surface area contributed by atoms with E-state index in [9.17, 15) is 0 Å². The Morgan fingerprint density at radius 2 is 2.00 bits per heavy atom. The van der Waals surface area contributed by atoms with Crippen molar-refractivity contribution in [2.24, 2.45) is 0 Å². The van der Waals surface area contributed by atoms with Gasteiger partial charge in [0.2, 0.25) is 5.13 Å². The van der Waals surface area contributed by atoms with Crippen LogP contribution < -0.4 is 10.6 Å². The largest absolute Gasteiger partial charge is 0.374 e. The molecular formula is C10H15N5S2. The van der Waals surface area contributed by atoms with Crippen molar-refractivity contribution in [2.45, 2.75) is 19.8 Å². The molecule has 2 aromatic rings. The number of aromatic nitrogens is 3. The highest BCUT2D eigenvalue weighted by molar-refractivity contribution is 7.25. The Hall–Kier alpha value is -1.21. The van der Waals surface area contributed by atoms with Gasteiger partial charge in [0.25, 0.3) is 0 Å². The van der Waals surface area contributed by atoms with E-state index in [0.29, 0.717) is 5.13 Å². The third-order valence-corrected chi connectivity index (χ3v) is 4.36. The van der Waals surface area contributed by atoms with E-state index in [4.69, 9.17) is 5.73 Å². The molecule has 0 spiro atoms. The number of nitrogen functional groups attached to an aromatic ring is 1. The molecule has 0 aliphatic carbocycles. The van der Waals surface area contributed by atoms with E-state index in [0.717, 1.165) is 33.6 Å². The molecular weight excluding hydrogens is 254 g/mol. The van der Waals surface area contributed by atoms with Crippen LogP contribution in [0.4, 0.5) is 10.3 Å². The van der Waals surface area contributed by atoms with E-state index in [2.05, 4.69) is 22.1 Å². The van der Waals surface area contributed by atoms with Crippen molar-refractivity contribution in [3.05, 3.63) is 5.69 Å². The highest BCUT2D eigenvalue weighted by Gasteiger charge is 2.16. The second-order valence-electron chi connectivity index (χ2n) is 3.86. The standard InChI is InChI=1S/C10H15N5S2/c1-4-5-6-7(8-13-14-9(11)17-8)16-10(12-6)15(2)3/h4-5H2,1-3H3,(H2,11,14). The van der Waals surface area contributed by atoms with Gasteiger partial charge < -0.3 is 10.6 Å². The van der Waals surface area contributed by atoms with Crippen LogP contribution in [0, 0.1) is 0 Å². The Labute approximate surface area is 108 Å². The molecule has 0 aromatic carbocycles. The van der Waals surface area contributed by atoms with Crippen LogP contribution in [0.15, 0.2) is 0 Å². The van der Waals surface area contributed by atoms with Crippen LogP contribution in [0.5, 0.6) is 0 Å². The summed E-state index contributed by atoms with van der Waals surface area (Å²) in [5.41, 5.74) is 6.72. The van der Waals surface area contributed by atoms with Crippen molar-refractivity contribution < 1.29 is 0 Å². The number of rotatable bonds is 4. The Bertz CT molecular complexity index is 503. The molecule has 7 heteroatoms. The van der Waals surface area contributed by atoms with Gasteiger partial charge in [0.1, 0.15) is 0 Å². The lowest BCUT2D eigenvalue weighted by atomic mass is 10.2. The number of thiazole rings is 1. The van der Waals surface area contributed by atoms with Crippen LogP contribution in [-0.2, 0) is 6.42 Å². The molecule has 2 heterocycles. The topological polar surface area (TPSA) is 67.9 Å². The lowest BCUT2D eigenvalue weighted by molar-refractivity contribution is 0.889. The van der Waals surface area contributed by atoms with Crippen LogP contribution in [0.2, 0.25) is 0 Å². The molecule has 0 fully saturated rings. The quantitative estimate of drug-likeness (QED) is 0.922. The maximum Gasteiger partial charge on any atom is 0.203 e. The molecule has 92 valence electrons. The molecule has 17 heavy (non-hydrogen) atoms. The maximum absolute atomic E-state index is 5.63. The summed E-state index contributed by atoms with van der Waals surface area (Å²) in [5.74, 6) is 0. The molecule has 0 atom stereocenters. The number of hydrogen-bond donors (Lipinski definition) is 1. The zero-order valence-corrected chi connectivity index (χ0v) is 11.7. The summed E-state index contributed by atoms with van der Waals surface area (Å²) in [6.45, 7) is 2.15. The Morgan fingerprint density at radius 3 is 2.53 bits per heavy atom. The summed E-state index contributed by atoms with van der Waals surface area (Å²) in [6.07, 6.45) is 2.02. The van der Waals surface area contributed by atoms with Crippen molar-refractivity contribution in [2.75, 3.05) is 24.7 Å². The fourth-order valence-corrected chi connectivity index (χ4v) is 3.17. The highest BCUT2D eigenvalue weighted by Crippen LogP contribution is 2.36. The van der Waals surface area contributed by atoms with Crippen molar-refractivity contribution in [1.29, 1.82) is 0 Å². The molecule has 0 saturated heterocycles. The molecule has 0 aliphatic heterocycles. The minimum Gasteiger partial charge on any atom is -0.374 e. The molecule has 2 N–H and O–H groups in total. The number of aryl methyl sites for hydroxylation is 1. The number of hydrogen-bond acceptors (Lipinski definition) is 7. The average Bonchev–Trinajstić information content (AvgIpc) is 2.85. The van der Waals surface area contributed by atoms with Crippen molar-refractivity contribution in [3.63, 3.8) is 0 Å². The molecule has 0 saturated carbocycles. The molecule has 0 amide bonds. The fraction of sp³-hybridized carbons (Fsp3) is 0.500. The first kappa shape index (κ1) is 12.3. The van der Waals surface area contributed by atoms with Crippen molar-refractivity contribution in [3.8, 4) is 9.88 Å². The third kappa shape index (κ3) is 2.55. The fourth-order valence-electron chi connectivity index (χ4n) is 1.43. The first-order chi connectivity index (χ1) is 8.11. The summed E-state index contributed by atoms with van der Waals surface area (Å²) in [7, 11) is 3.99. The van der Waals surface area contributed by atoms with E-state index in [1.807, 2.05) is 19.0 Å². The van der Waals surface area contributed by atoms with E-state index in [-0.39, 0.29) is 0 Å². The van der Waals surface area contributed by atoms with Gasteiger partial charge in [0.05, 0.1) is 10.6 Å². The monoisotopic (exact) mass is 269 g/mol. The molecule has 0 unspecified atom stereocenters. The molecule has 2 aromatic heterocycles. The SMILES string of the molecule is CCCc1nc(N(C)C)sc1-c1nnc(N)s1. The van der Waals surface area contributed by atoms with Gasteiger partial charge >= 0.3 is 0 Å². The number of nitrogens with zero attached hydrogens (tertiary/aromatic N) is 4. The van der Waals surface area contributed by atoms with E-state index < -0.39 is 0 Å². The van der Waals surface area contributed by atoms with Gasteiger partial charge in [-0.2, -0.15) is 0 Å². The Balaban J connectivity index is 2.43. The smallest absolute Gasteiger partial charge is 0.203 e. The zero-order chi connectivity index (χ0) is 12.4. The van der Waals surface area contributed by atoms with Crippen molar-refractivity contribution >= 4 is 32.9 Å². The van der Waals surface area contributed by atoms with E-state index in [1.54, 1.807) is 11.3 Å². The lowest BCUT2D eigenvalue weighted by Crippen LogP contribution is -2.07. The second kappa shape index (κ2) is 4.97. The normalized spacial score (nSPS) is 10.8. The van der Waals surface area contributed by atoms with Crippen LogP contribution in [0.1, 0.15) is 19.0 Å². The van der Waals surface area contributed by atoms with Gasteiger partial charge in [0, 0.05) is 14.1 Å². The summed E-state index contributed by atoms with van der Waals surface area (Å²) >= 11 is 3.05. The minimum atomic E-state index is 0.502. The Kier molecular flexibility index (Phi) is 3.58. The van der Waals surface area contributed by atoms with E-state index in [1.165, 1.54) is 11.3 Å². The lowest BCUT2D eigenvalue weighted by Gasteiger charge is -2.05. The second-order valence-corrected chi connectivity index (χ2v) is 5.85. The Morgan fingerprint density at radius 1 is 1.24 bits per heavy atom. The summed E-state index contributed by atoms with van der Waals surface area (Å²) < 4.78 is 0. The van der Waals surface area contributed by atoms with Crippen LogP contribution >= 0.6 is 22.7 Å². The predicted molar refractivity (Wildman–Crippen MR) is 73.8 cm³/mol.